The molecule has 1 rings (SSSR count). The molecule has 0 spiro atoms. The van der Waals surface area contributed by atoms with Crippen molar-refractivity contribution in [2.45, 2.75) is 19.4 Å². The lowest BCUT2D eigenvalue weighted by Gasteiger charge is -2.16. The van der Waals surface area contributed by atoms with Crippen molar-refractivity contribution in [2.24, 2.45) is 5.73 Å². The van der Waals surface area contributed by atoms with E-state index in [-0.39, 0.29) is 0 Å². The molecule has 1 unspecified atom stereocenters. The lowest BCUT2D eigenvalue weighted by Crippen LogP contribution is -2.27. The summed E-state index contributed by atoms with van der Waals surface area (Å²) in [5, 5.41) is 3.35. The van der Waals surface area contributed by atoms with Crippen LogP contribution in [0, 0.1) is 0 Å². The smallest absolute Gasteiger partial charge is 0.120 e. The molecule has 78 valence electrons. The van der Waals surface area contributed by atoms with Crippen molar-refractivity contribution in [3.63, 3.8) is 0 Å². The molecule has 0 saturated heterocycles. The highest BCUT2D eigenvalue weighted by molar-refractivity contribution is 5.48. The van der Waals surface area contributed by atoms with Gasteiger partial charge in [-0.3, -0.25) is 0 Å². The molecule has 0 aliphatic carbocycles. The van der Waals surface area contributed by atoms with Crippen molar-refractivity contribution >= 4 is 5.69 Å². The van der Waals surface area contributed by atoms with Crippen LogP contribution in [0.5, 0.6) is 5.75 Å². The van der Waals surface area contributed by atoms with Crippen molar-refractivity contribution in [1.29, 1.82) is 0 Å². The predicted octanol–water partition coefficient (Wildman–Crippen LogP) is 1.84. The van der Waals surface area contributed by atoms with Gasteiger partial charge >= 0.3 is 0 Å². The van der Waals surface area contributed by atoms with Crippen LogP contribution in [0.1, 0.15) is 13.3 Å². The van der Waals surface area contributed by atoms with Crippen molar-refractivity contribution in [3.8, 4) is 5.75 Å². The summed E-state index contributed by atoms with van der Waals surface area (Å²) in [7, 11) is 1.67. The van der Waals surface area contributed by atoms with E-state index in [2.05, 4.69) is 12.2 Å². The minimum absolute atomic E-state index is 0.335. The van der Waals surface area contributed by atoms with Gasteiger partial charge in [0.25, 0.3) is 0 Å². The largest absolute Gasteiger partial charge is 0.497 e. The van der Waals surface area contributed by atoms with E-state index >= 15 is 0 Å². The first-order valence-electron chi connectivity index (χ1n) is 4.90. The number of benzene rings is 1. The van der Waals surface area contributed by atoms with E-state index in [4.69, 9.17) is 10.5 Å². The van der Waals surface area contributed by atoms with Gasteiger partial charge in [-0.25, -0.2) is 0 Å². The van der Waals surface area contributed by atoms with Crippen molar-refractivity contribution in [1.82, 2.24) is 0 Å². The van der Waals surface area contributed by atoms with Crippen LogP contribution in [0.15, 0.2) is 24.3 Å². The first-order chi connectivity index (χ1) is 6.80. The zero-order valence-electron chi connectivity index (χ0n) is 8.79. The Hall–Kier alpha value is -1.22. The van der Waals surface area contributed by atoms with E-state index in [1.54, 1.807) is 7.11 Å². The van der Waals surface area contributed by atoms with Crippen molar-refractivity contribution in [2.75, 3.05) is 19.0 Å². The maximum atomic E-state index is 5.61. The Morgan fingerprint density at radius 1 is 1.50 bits per heavy atom. The molecular formula is C11H18N2O. The fraction of sp³-hybridized carbons (Fsp3) is 0.455. The second kappa shape index (κ2) is 5.50. The fourth-order valence-corrected chi connectivity index (χ4v) is 1.28. The monoisotopic (exact) mass is 194 g/mol. The number of methoxy groups -OCH3 is 1. The minimum Gasteiger partial charge on any atom is -0.497 e. The highest BCUT2D eigenvalue weighted by Crippen LogP contribution is 2.17. The number of anilines is 1. The average molecular weight is 194 g/mol. The molecule has 0 aliphatic heterocycles. The quantitative estimate of drug-likeness (QED) is 0.752. The van der Waals surface area contributed by atoms with Crippen LogP contribution in [0.3, 0.4) is 0 Å². The van der Waals surface area contributed by atoms with Crippen LogP contribution in [0.2, 0.25) is 0 Å². The molecule has 0 amide bonds. The highest BCUT2D eigenvalue weighted by Gasteiger charge is 2.03. The van der Waals surface area contributed by atoms with Crippen molar-refractivity contribution < 1.29 is 4.74 Å². The van der Waals surface area contributed by atoms with Gasteiger partial charge in [-0.1, -0.05) is 13.0 Å². The number of nitrogens with one attached hydrogen (secondary N) is 1. The van der Waals surface area contributed by atoms with Crippen LogP contribution in [0.25, 0.3) is 0 Å². The summed E-state index contributed by atoms with van der Waals surface area (Å²) in [4.78, 5) is 0. The zero-order valence-corrected chi connectivity index (χ0v) is 8.79. The van der Waals surface area contributed by atoms with E-state index in [1.807, 2.05) is 24.3 Å². The molecule has 0 aromatic heterocycles. The number of hydrogen-bond donors (Lipinski definition) is 2. The zero-order chi connectivity index (χ0) is 10.4. The number of rotatable bonds is 5. The summed E-state index contributed by atoms with van der Waals surface area (Å²) in [5.41, 5.74) is 6.67. The Morgan fingerprint density at radius 3 is 2.86 bits per heavy atom. The van der Waals surface area contributed by atoms with Gasteiger partial charge in [-0.15, -0.1) is 0 Å². The maximum Gasteiger partial charge on any atom is 0.120 e. The summed E-state index contributed by atoms with van der Waals surface area (Å²) >= 11 is 0. The maximum absolute atomic E-state index is 5.61. The van der Waals surface area contributed by atoms with Gasteiger partial charge in [0.05, 0.1) is 7.11 Å². The molecule has 14 heavy (non-hydrogen) atoms. The van der Waals surface area contributed by atoms with E-state index in [9.17, 15) is 0 Å². The predicted molar refractivity (Wildman–Crippen MR) is 59.8 cm³/mol. The molecule has 0 saturated carbocycles. The molecule has 1 atom stereocenters. The van der Waals surface area contributed by atoms with Crippen LogP contribution < -0.4 is 15.8 Å². The Kier molecular flexibility index (Phi) is 4.26. The third-order valence-electron chi connectivity index (χ3n) is 2.22. The first kappa shape index (κ1) is 10.9. The Balaban J connectivity index is 2.65. The Morgan fingerprint density at radius 2 is 2.29 bits per heavy atom. The van der Waals surface area contributed by atoms with E-state index in [1.165, 1.54) is 0 Å². The second-order valence-corrected chi connectivity index (χ2v) is 3.22. The van der Waals surface area contributed by atoms with Crippen LogP contribution >= 0.6 is 0 Å². The lowest BCUT2D eigenvalue weighted by molar-refractivity contribution is 0.415. The first-order valence-corrected chi connectivity index (χ1v) is 4.90. The van der Waals surface area contributed by atoms with Gasteiger partial charge in [0, 0.05) is 24.3 Å². The molecule has 3 heteroatoms. The van der Waals surface area contributed by atoms with Gasteiger partial charge in [-0.2, -0.15) is 0 Å². The van der Waals surface area contributed by atoms with Gasteiger partial charge < -0.3 is 15.8 Å². The van der Waals surface area contributed by atoms with Gasteiger partial charge in [0.2, 0.25) is 0 Å². The third-order valence-corrected chi connectivity index (χ3v) is 2.22. The molecule has 1 aromatic carbocycles. The molecule has 1 aromatic rings. The standard InChI is InChI=1S/C11H18N2O/c1-3-9(8-12)13-10-5-4-6-11(7-10)14-2/h4-7,9,13H,3,8,12H2,1-2H3. The van der Waals surface area contributed by atoms with E-state index in [0.29, 0.717) is 12.6 Å². The molecule has 0 fully saturated rings. The molecular weight excluding hydrogens is 176 g/mol. The van der Waals surface area contributed by atoms with Gasteiger partial charge in [0.15, 0.2) is 0 Å². The summed E-state index contributed by atoms with van der Waals surface area (Å²) in [6, 6.07) is 8.21. The summed E-state index contributed by atoms with van der Waals surface area (Å²) in [5.74, 6) is 0.863. The number of hydrogen-bond acceptors (Lipinski definition) is 3. The van der Waals surface area contributed by atoms with Crippen molar-refractivity contribution in [3.05, 3.63) is 24.3 Å². The summed E-state index contributed by atoms with van der Waals surface area (Å²) < 4.78 is 5.13. The van der Waals surface area contributed by atoms with Gasteiger partial charge in [-0.05, 0) is 18.6 Å². The van der Waals surface area contributed by atoms with Crippen LogP contribution in [-0.4, -0.2) is 19.7 Å². The minimum atomic E-state index is 0.335. The topological polar surface area (TPSA) is 47.3 Å². The second-order valence-electron chi connectivity index (χ2n) is 3.22. The summed E-state index contributed by atoms with van der Waals surface area (Å²) in [6.45, 7) is 2.76. The van der Waals surface area contributed by atoms with Gasteiger partial charge in [0.1, 0.15) is 5.75 Å². The lowest BCUT2D eigenvalue weighted by atomic mass is 10.2. The third kappa shape index (κ3) is 2.92. The molecule has 0 heterocycles. The normalized spacial score (nSPS) is 12.2. The Bertz CT molecular complexity index is 272. The Labute approximate surface area is 85.3 Å². The van der Waals surface area contributed by atoms with Crippen LogP contribution in [-0.2, 0) is 0 Å². The highest BCUT2D eigenvalue weighted by atomic mass is 16.5. The molecule has 0 aliphatic rings. The molecule has 0 bridgehead atoms. The molecule has 3 nitrogen and oxygen atoms in total. The van der Waals surface area contributed by atoms with Crippen LogP contribution in [0.4, 0.5) is 5.69 Å². The number of ether oxygens (including phenoxy) is 1. The van der Waals surface area contributed by atoms with E-state index in [0.717, 1.165) is 17.9 Å². The number of nitrogens with two attached hydrogens (primary N) is 1. The molecule has 0 radical (unpaired) electrons. The average Bonchev–Trinajstić information content (AvgIpc) is 2.26. The SMILES string of the molecule is CCC(CN)Nc1cccc(OC)c1. The fourth-order valence-electron chi connectivity index (χ4n) is 1.28. The summed E-state index contributed by atoms with van der Waals surface area (Å²) in [6.07, 6.45) is 1.02. The molecule has 3 N–H and O–H groups in total. The van der Waals surface area contributed by atoms with E-state index < -0.39 is 0 Å².